The number of urea groups is 1. The summed E-state index contributed by atoms with van der Waals surface area (Å²) in [6.45, 7) is 0. The van der Waals surface area contributed by atoms with E-state index in [1.807, 2.05) is 24.3 Å². The van der Waals surface area contributed by atoms with Crippen LogP contribution >= 0.6 is 11.9 Å². The van der Waals surface area contributed by atoms with E-state index < -0.39 is 6.03 Å². The minimum absolute atomic E-state index is 0.555. The summed E-state index contributed by atoms with van der Waals surface area (Å²) >= 11 is 1.17. The van der Waals surface area contributed by atoms with Crippen molar-refractivity contribution >= 4 is 18.0 Å². The molecule has 19 heavy (non-hydrogen) atoms. The first-order valence-electron chi connectivity index (χ1n) is 5.66. The summed E-state index contributed by atoms with van der Waals surface area (Å²) in [5.41, 5.74) is 7.75. The van der Waals surface area contributed by atoms with Gasteiger partial charge in [0.2, 0.25) is 0 Å². The van der Waals surface area contributed by atoms with Gasteiger partial charge >= 0.3 is 6.03 Å². The van der Waals surface area contributed by atoms with E-state index in [9.17, 15) is 4.79 Å². The van der Waals surface area contributed by atoms with Gasteiger partial charge in [-0.05, 0) is 47.3 Å². The smallest absolute Gasteiger partial charge is 0.322 e. The van der Waals surface area contributed by atoms with Gasteiger partial charge in [0.1, 0.15) is 5.75 Å². The Bertz CT molecular complexity index is 532. The minimum Gasteiger partial charge on any atom is -0.497 e. The molecule has 2 amide bonds. The van der Waals surface area contributed by atoms with Crippen LogP contribution in [0.3, 0.4) is 0 Å². The van der Waals surface area contributed by atoms with E-state index >= 15 is 0 Å². The number of nitrogens with two attached hydrogens (primary N) is 1. The summed E-state index contributed by atoms with van der Waals surface area (Å²) in [6.07, 6.45) is 0. The molecule has 0 spiro atoms. The van der Waals surface area contributed by atoms with Gasteiger partial charge in [0.05, 0.1) is 7.11 Å². The van der Waals surface area contributed by atoms with Gasteiger partial charge in [-0.2, -0.15) is 0 Å². The van der Waals surface area contributed by atoms with Gasteiger partial charge in [0, 0.05) is 4.90 Å². The van der Waals surface area contributed by atoms with Crippen molar-refractivity contribution < 1.29 is 9.53 Å². The Hall–Kier alpha value is -2.14. The van der Waals surface area contributed by atoms with Gasteiger partial charge < -0.3 is 10.5 Å². The predicted octanol–water partition coefficient (Wildman–Crippen LogP) is 3.04. The van der Waals surface area contributed by atoms with E-state index in [0.717, 1.165) is 10.6 Å². The van der Waals surface area contributed by atoms with Crippen LogP contribution in [0, 0.1) is 0 Å². The molecule has 0 bridgehead atoms. The molecule has 3 N–H and O–H groups in total. The number of carbonyl (C=O) groups is 1. The van der Waals surface area contributed by atoms with Crippen molar-refractivity contribution in [2.45, 2.75) is 4.90 Å². The number of primary amides is 1. The van der Waals surface area contributed by atoms with Gasteiger partial charge in [0.15, 0.2) is 0 Å². The molecular weight excluding hydrogens is 260 g/mol. The normalized spacial score (nSPS) is 9.95. The Morgan fingerprint density at radius 1 is 1.05 bits per heavy atom. The molecular formula is C14H14N2O2S. The summed E-state index contributed by atoms with van der Waals surface area (Å²) in [4.78, 5) is 11.3. The number of ether oxygens (including phenoxy) is 1. The molecule has 5 heteroatoms. The average Bonchev–Trinajstić information content (AvgIpc) is 2.41. The Morgan fingerprint density at radius 3 is 1.89 bits per heavy atom. The highest BCUT2D eigenvalue weighted by atomic mass is 32.2. The second-order valence-electron chi connectivity index (χ2n) is 3.82. The zero-order valence-corrected chi connectivity index (χ0v) is 11.2. The monoisotopic (exact) mass is 274 g/mol. The summed E-state index contributed by atoms with van der Waals surface area (Å²) < 4.78 is 7.39. The molecule has 0 unspecified atom stereocenters. The van der Waals surface area contributed by atoms with Crippen LogP contribution in [0.25, 0.3) is 11.1 Å². The van der Waals surface area contributed by atoms with Crippen molar-refractivity contribution in [2.24, 2.45) is 5.73 Å². The first-order chi connectivity index (χ1) is 9.19. The standard InChI is InChI=1S/C8H10N2O2S.C6H4/c1-12-6-2-4-7(5-3-6)13-10-8(9)11;1-2-6-4-3-5(1)6/h2-5H,1H3,(H3,9,10,11);1-4H. The lowest BCUT2D eigenvalue weighted by Gasteiger charge is -2.10. The first-order valence-corrected chi connectivity index (χ1v) is 6.47. The molecule has 0 atom stereocenters. The quantitative estimate of drug-likeness (QED) is 0.721. The third-order valence-electron chi connectivity index (χ3n) is 2.55. The third-order valence-corrected chi connectivity index (χ3v) is 3.36. The Morgan fingerprint density at radius 2 is 1.58 bits per heavy atom. The number of fused-ring (bicyclic) bond motifs is 1. The zero-order chi connectivity index (χ0) is 13.7. The van der Waals surface area contributed by atoms with Crippen LogP contribution in [0.5, 0.6) is 5.75 Å². The second-order valence-corrected chi connectivity index (χ2v) is 4.70. The molecule has 2 aliphatic rings. The van der Waals surface area contributed by atoms with Crippen LogP contribution in [0.15, 0.2) is 53.4 Å². The van der Waals surface area contributed by atoms with Gasteiger partial charge in [-0.25, -0.2) is 4.79 Å². The molecule has 0 heterocycles. The zero-order valence-electron chi connectivity index (χ0n) is 10.4. The Labute approximate surface area is 116 Å². The maximum atomic E-state index is 10.4. The predicted molar refractivity (Wildman–Crippen MR) is 77.0 cm³/mol. The fraction of sp³-hybridized carbons (Fsp3) is 0.0714. The molecule has 0 fully saturated rings. The molecule has 0 saturated carbocycles. The summed E-state index contributed by atoms with van der Waals surface area (Å²) in [5.74, 6) is 0.781. The average molecular weight is 274 g/mol. The van der Waals surface area contributed by atoms with E-state index in [0.29, 0.717) is 0 Å². The van der Waals surface area contributed by atoms with E-state index in [1.54, 1.807) is 7.11 Å². The van der Waals surface area contributed by atoms with Crippen LogP contribution in [-0.2, 0) is 0 Å². The van der Waals surface area contributed by atoms with Crippen LogP contribution in [0.2, 0.25) is 0 Å². The summed E-state index contributed by atoms with van der Waals surface area (Å²) in [5, 5.41) is 0. The molecule has 3 rings (SSSR count). The molecule has 1 aromatic rings. The summed E-state index contributed by atoms with van der Waals surface area (Å²) in [6, 6.07) is 15.2. The lowest BCUT2D eigenvalue weighted by Crippen LogP contribution is -2.22. The maximum Gasteiger partial charge on any atom is 0.322 e. The number of amides is 2. The number of methoxy groups -OCH3 is 1. The number of rotatable bonds is 3. The second kappa shape index (κ2) is 6.15. The van der Waals surface area contributed by atoms with Crippen molar-refractivity contribution in [1.82, 2.24) is 4.72 Å². The first kappa shape index (κ1) is 13.3. The van der Waals surface area contributed by atoms with Crippen LogP contribution < -0.4 is 15.2 Å². The molecule has 2 aliphatic carbocycles. The molecule has 1 aromatic carbocycles. The number of hydrogen-bond acceptors (Lipinski definition) is 3. The molecule has 0 radical (unpaired) electrons. The topological polar surface area (TPSA) is 64.3 Å². The van der Waals surface area contributed by atoms with E-state index in [2.05, 4.69) is 29.0 Å². The number of nitrogens with one attached hydrogen (secondary N) is 1. The van der Waals surface area contributed by atoms with Crippen molar-refractivity contribution in [3.63, 3.8) is 0 Å². The molecule has 0 aliphatic heterocycles. The highest BCUT2D eigenvalue weighted by Crippen LogP contribution is 2.29. The molecule has 4 nitrogen and oxygen atoms in total. The Kier molecular flexibility index (Phi) is 4.30. The lowest BCUT2D eigenvalue weighted by molar-refractivity contribution is 0.254. The lowest BCUT2D eigenvalue weighted by atomic mass is 9.95. The SMILES string of the molecule is COc1ccc(SNC(N)=O)cc1.c1cc2ccc1-2. The molecule has 0 aromatic heterocycles. The molecule has 0 saturated heterocycles. The van der Waals surface area contributed by atoms with Gasteiger partial charge in [0.25, 0.3) is 0 Å². The maximum absolute atomic E-state index is 10.4. The van der Waals surface area contributed by atoms with Crippen LogP contribution in [0.4, 0.5) is 4.79 Å². The van der Waals surface area contributed by atoms with E-state index in [-0.39, 0.29) is 0 Å². The number of carbonyl (C=O) groups excluding carboxylic acids is 1. The van der Waals surface area contributed by atoms with Crippen LogP contribution in [-0.4, -0.2) is 13.1 Å². The fourth-order valence-corrected chi connectivity index (χ4v) is 1.91. The minimum atomic E-state index is -0.555. The van der Waals surface area contributed by atoms with Crippen molar-refractivity contribution in [3.8, 4) is 16.9 Å². The number of hydrogen-bond donors (Lipinski definition) is 2. The molecule has 98 valence electrons. The van der Waals surface area contributed by atoms with Gasteiger partial charge in [-0.15, -0.1) is 0 Å². The Balaban J connectivity index is 0.000000180. The summed E-state index contributed by atoms with van der Waals surface area (Å²) in [7, 11) is 1.60. The third kappa shape index (κ3) is 3.66. The van der Waals surface area contributed by atoms with E-state index in [1.165, 1.54) is 23.1 Å². The van der Waals surface area contributed by atoms with Gasteiger partial charge in [-0.1, -0.05) is 24.3 Å². The largest absolute Gasteiger partial charge is 0.497 e. The fourth-order valence-electron chi connectivity index (χ4n) is 1.42. The van der Waals surface area contributed by atoms with Gasteiger partial charge in [-0.3, -0.25) is 4.72 Å². The van der Waals surface area contributed by atoms with Crippen molar-refractivity contribution in [2.75, 3.05) is 7.11 Å². The number of benzene rings is 2. The van der Waals surface area contributed by atoms with E-state index in [4.69, 9.17) is 10.5 Å². The highest BCUT2D eigenvalue weighted by Gasteiger charge is 2.04. The van der Waals surface area contributed by atoms with Crippen molar-refractivity contribution in [1.29, 1.82) is 0 Å². The van der Waals surface area contributed by atoms with Crippen LogP contribution in [0.1, 0.15) is 0 Å². The highest BCUT2D eigenvalue weighted by molar-refractivity contribution is 7.98. The van der Waals surface area contributed by atoms with Crippen molar-refractivity contribution in [3.05, 3.63) is 48.5 Å².